The molecule has 0 radical (unpaired) electrons. The highest BCUT2D eigenvalue weighted by Crippen LogP contribution is 2.28. The van der Waals surface area contributed by atoms with Crippen LogP contribution in [-0.4, -0.2) is 59.8 Å². The van der Waals surface area contributed by atoms with Crippen molar-refractivity contribution in [3.8, 4) is 0 Å². The minimum atomic E-state index is -3.51. The summed E-state index contributed by atoms with van der Waals surface area (Å²) >= 11 is 6.00. The lowest BCUT2D eigenvalue weighted by atomic mass is 10.1. The van der Waals surface area contributed by atoms with E-state index in [1.807, 2.05) is 22.5 Å². The monoisotopic (exact) mass is 581 g/mol. The maximum absolute atomic E-state index is 13.1. The average molecular weight is 582 g/mol. The molecule has 2 heterocycles. The summed E-state index contributed by atoms with van der Waals surface area (Å²) in [5.41, 5.74) is 1.24. The predicted molar refractivity (Wildman–Crippen MR) is 147 cm³/mol. The number of anilines is 1. The van der Waals surface area contributed by atoms with E-state index in [0.717, 1.165) is 21.9 Å². The molecule has 12 heteroatoms. The number of carbonyl (C=O) groups is 1. The zero-order valence-electron chi connectivity index (χ0n) is 19.9. The van der Waals surface area contributed by atoms with Crippen molar-refractivity contribution in [1.29, 1.82) is 0 Å². The lowest BCUT2D eigenvalue weighted by Crippen LogP contribution is -2.42. The maximum Gasteiger partial charge on any atom is 0.251 e. The number of benzene rings is 2. The first-order chi connectivity index (χ1) is 17.7. The van der Waals surface area contributed by atoms with Crippen LogP contribution in [0.15, 0.2) is 69.8 Å². The summed E-state index contributed by atoms with van der Waals surface area (Å²) in [6.45, 7) is 1.20. The molecule has 1 fully saturated rings. The minimum Gasteiger partial charge on any atom is -0.592 e. The molecule has 1 atom stereocenters. The third-order valence-corrected chi connectivity index (χ3v) is 10.8. The largest absolute Gasteiger partial charge is 0.592 e. The molecule has 0 aliphatic carbocycles. The maximum atomic E-state index is 13.1. The van der Waals surface area contributed by atoms with E-state index in [2.05, 4.69) is 10.6 Å². The van der Waals surface area contributed by atoms with Crippen LogP contribution in [0, 0.1) is 0 Å². The van der Waals surface area contributed by atoms with Crippen LogP contribution >= 0.6 is 22.9 Å². The molecule has 1 saturated heterocycles. The van der Waals surface area contributed by atoms with Gasteiger partial charge in [-0.05, 0) is 61.4 Å². The molecule has 8 nitrogen and oxygen atoms in total. The van der Waals surface area contributed by atoms with Gasteiger partial charge in [-0.15, -0.1) is 4.31 Å². The van der Waals surface area contributed by atoms with Gasteiger partial charge in [0, 0.05) is 46.3 Å². The lowest BCUT2D eigenvalue weighted by molar-refractivity contribution is 0.0951. The van der Waals surface area contributed by atoms with E-state index < -0.39 is 27.8 Å². The first-order valence-electron chi connectivity index (χ1n) is 11.7. The van der Waals surface area contributed by atoms with Crippen molar-refractivity contribution in [3.05, 3.63) is 76.1 Å². The summed E-state index contributed by atoms with van der Waals surface area (Å²) in [6, 6.07) is 17.1. The van der Waals surface area contributed by atoms with Gasteiger partial charge in [0.15, 0.2) is 9.84 Å². The van der Waals surface area contributed by atoms with E-state index in [1.54, 1.807) is 36.4 Å². The smallest absolute Gasteiger partial charge is 0.251 e. The summed E-state index contributed by atoms with van der Waals surface area (Å²) in [7, 11) is -3.51. The van der Waals surface area contributed by atoms with Gasteiger partial charge in [0.1, 0.15) is 0 Å². The van der Waals surface area contributed by atoms with Gasteiger partial charge in [0.25, 0.3) is 5.91 Å². The number of hydrogen-bond donors (Lipinski definition) is 3. The number of aliphatic hydroxyl groups is 1. The van der Waals surface area contributed by atoms with Crippen LogP contribution in [0.25, 0.3) is 0 Å². The number of halogens is 1. The van der Waals surface area contributed by atoms with Crippen molar-refractivity contribution < 1.29 is 22.9 Å². The Morgan fingerprint density at radius 2 is 1.86 bits per heavy atom. The fourth-order valence-corrected chi connectivity index (χ4v) is 7.74. The molecule has 2 aromatic carbocycles. The molecule has 1 unspecified atom stereocenters. The predicted octanol–water partition coefficient (Wildman–Crippen LogP) is 3.70. The van der Waals surface area contributed by atoms with Gasteiger partial charge in [0.05, 0.1) is 35.2 Å². The summed E-state index contributed by atoms with van der Waals surface area (Å²) in [5.74, 6) is -0.501. The Kier molecular flexibility index (Phi) is 9.51. The van der Waals surface area contributed by atoms with Gasteiger partial charge in [-0.1, -0.05) is 29.0 Å². The Morgan fingerprint density at radius 1 is 1.14 bits per heavy atom. The van der Waals surface area contributed by atoms with Crippen LogP contribution in [0.3, 0.4) is 0 Å². The number of piperidine rings is 1. The Labute approximate surface area is 228 Å². The lowest BCUT2D eigenvalue weighted by Gasteiger charge is -2.32. The summed E-state index contributed by atoms with van der Waals surface area (Å²) in [6.07, 6.45) is 1.52. The number of aliphatic hydroxyl groups excluding tert-OH is 1. The highest BCUT2D eigenvalue weighted by atomic mass is 35.5. The van der Waals surface area contributed by atoms with E-state index in [4.69, 9.17) is 16.7 Å². The van der Waals surface area contributed by atoms with E-state index in [0.29, 0.717) is 35.9 Å². The first kappa shape index (κ1) is 27.9. The molecule has 37 heavy (non-hydrogen) atoms. The highest BCUT2D eigenvalue weighted by molar-refractivity contribution is 7.91. The zero-order valence-corrected chi connectivity index (χ0v) is 23.1. The van der Waals surface area contributed by atoms with Crippen LogP contribution in [0.1, 0.15) is 28.1 Å². The zero-order chi connectivity index (χ0) is 26.4. The number of carbonyl (C=O) groups excluding carboxylic acids is 1. The fourth-order valence-electron chi connectivity index (χ4n) is 3.96. The molecular formula is C25H28ClN3O5S3. The van der Waals surface area contributed by atoms with Crippen molar-refractivity contribution >= 4 is 55.7 Å². The molecule has 0 saturated carbocycles. The van der Waals surface area contributed by atoms with Gasteiger partial charge in [-0.2, -0.15) is 0 Å². The van der Waals surface area contributed by atoms with Crippen molar-refractivity contribution in [2.45, 2.75) is 34.5 Å². The number of amides is 1. The van der Waals surface area contributed by atoms with Crippen LogP contribution in [-0.2, 0) is 27.7 Å². The van der Waals surface area contributed by atoms with Crippen molar-refractivity contribution in [2.75, 3.05) is 30.8 Å². The molecule has 4 rings (SSSR count). The second-order valence-electron chi connectivity index (χ2n) is 8.58. The highest BCUT2D eigenvalue weighted by Gasteiger charge is 2.30. The molecule has 198 valence electrons. The van der Waals surface area contributed by atoms with Crippen molar-refractivity contribution in [1.82, 2.24) is 9.62 Å². The number of rotatable bonds is 10. The average Bonchev–Trinajstić information content (AvgIpc) is 3.37. The van der Waals surface area contributed by atoms with Crippen molar-refractivity contribution in [3.63, 3.8) is 0 Å². The molecule has 0 spiro atoms. The standard InChI is InChI=1S/C25H28ClN3O5S3/c26-19-6-4-18(5-7-19)25(31)27-17-22-8-9-24(35-22)36(32)29-12-10-20(11-13-29)28-21-2-1-3-23(16-21)37(33,34)15-14-30/h1-9,16,20,28,30H,10-15,17H2,(H,27,31). The van der Waals surface area contributed by atoms with Gasteiger partial charge in [0.2, 0.25) is 4.21 Å². The molecule has 3 aromatic rings. The number of thiophene rings is 1. The van der Waals surface area contributed by atoms with Gasteiger partial charge >= 0.3 is 0 Å². The van der Waals surface area contributed by atoms with Crippen LogP contribution in [0.5, 0.6) is 0 Å². The Balaban J connectivity index is 1.27. The molecular weight excluding hydrogens is 554 g/mol. The topological polar surface area (TPSA) is 122 Å². The Bertz CT molecular complexity index is 1310. The van der Waals surface area contributed by atoms with Crippen LogP contribution in [0.2, 0.25) is 5.02 Å². The molecule has 3 N–H and O–H groups in total. The summed E-state index contributed by atoms with van der Waals surface area (Å²) in [4.78, 5) is 13.4. The quantitative estimate of drug-likeness (QED) is 0.312. The molecule has 1 aromatic heterocycles. The van der Waals surface area contributed by atoms with E-state index in [9.17, 15) is 17.8 Å². The molecule has 0 bridgehead atoms. The molecule has 1 aliphatic rings. The third-order valence-electron chi connectivity index (χ3n) is 5.95. The van der Waals surface area contributed by atoms with Gasteiger partial charge < -0.3 is 20.3 Å². The second kappa shape index (κ2) is 12.6. The number of nitrogens with zero attached hydrogens (tertiary/aromatic N) is 1. The normalized spacial score (nSPS) is 15.9. The van der Waals surface area contributed by atoms with Gasteiger partial charge in [-0.3, -0.25) is 4.79 Å². The van der Waals surface area contributed by atoms with Crippen molar-refractivity contribution in [2.24, 2.45) is 0 Å². The third kappa shape index (κ3) is 7.47. The number of nitrogens with one attached hydrogen (secondary N) is 2. The molecule has 1 aliphatic heterocycles. The van der Waals surface area contributed by atoms with Gasteiger partial charge in [-0.25, -0.2) is 8.42 Å². The first-order valence-corrected chi connectivity index (χ1v) is 15.7. The SMILES string of the molecule is O=C(NCc1ccc([S+]([O-])N2CCC(Nc3cccc(S(=O)(=O)CCO)c3)CC2)s1)c1ccc(Cl)cc1. The summed E-state index contributed by atoms with van der Waals surface area (Å²) < 4.78 is 40.3. The van der Waals surface area contributed by atoms with Crippen LogP contribution in [0.4, 0.5) is 5.69 Å². The molecule has 1 amide bonds. The van der Waals surface area contributed by atoms with E-state index >= 15 is 0 Å². The second-order valence-corrected chi connectivity index (χ2v) is 14.0. The minimum absolute atomic E-state index is 0.131. The van der Waals surface area contributed by atoms with Crippen LogP contribution < -0.4 is 10.6 Å². The Hall–Kier alpha value is -2.12. The summed E-state index contributed by atoms with van der Waals surface area (Å²) in [5, 5.41) is 15.8. The fraction of sp³-hybridized carbons (Fsp3) is 0.320. The van der Waals surface area contributed by atoms with E-state index in [-0.39, 0.29) is 22.6 Å². The number of hydrogen-bond acceptors (Lipinski definition) is 8. The van der Waals surface area contributed by atoms with E-state index in [1.165, 1.54) is 17.4 Å². The Morgan fingerprint density at radius 3 is 2.57 bits per heavy atom. The number of sulfone groups is 1.